The second-order valence-corrected chi connectivity index (χ2v) is 3.64. The highest BCUT2D eigenvalue weighted by Crippen LogP contribution is 2.15. The van der Waals surface area contributed by atoms with Crippen molar-refractivity contribution in [1.82, 2.24) is 0 Å². The molecule has 68 valence electrons. The monoisotopic (exact) mass is 212 g/mol. The van der Waals surface area contributed by atoms with E-state index in [2.05, 4.69) is 0 Å². The van der Waals surface area contributed by atoms with Crippen LogP contribution in [-0.4, -0.2) is 0 Å². The first-order valence-corrected chi connectivity index (χ1v) is 4.71. The largest absolute Gasteiger partial charge is 0.109 e. The molecule has 13 heavy (non-hydrogen) atoms. The van der Waals surface area contributed by atoms with Gasteiger partial charge in [-0.3, -0.25) is 0 Å². The summed E-state index contributed by atoms with van der Waals surface area (Å²) in [6.07, 6.45) is 3.87. The summed E-state index contributed by atoms with van der Waals surface area (Å²) in [6, 6.07) is 9.99. The molecule has 0 aliphatic rings. The highest BCUT2D eigenvalue weighted by molar-refractivity contribution is 6.56. The van der Waals surface area contributed by atoms with Gasteiger partial charge in [0.15, 0.2) is 0 Å². The van der Waals surface area contributed by atoms with E-state index in [9.17, 15) is 0 Å². The fourth-order valence-electron chi connectivity index (χ4n) is 0.848. The highest BCUT2D eigenvalue weighted by atomic mass is 35.5. The van der Waals surface area contributed by atoms with Crippen molar-refractivity contribution in [1.29, 1.82) is 0 Å². The lowest BCUT2D eigenvalue weighted by Gasteiger charge is -1.92. The molecule has 0 bridgehead atoms. The van der Waals surface area contributed by atoms with Gasteiger partial charge in [-0.1, -0.05) is 65.7 Å². The Morgan fingerprint density at radius 1 is 1.15 bits per heavy atom. The molecule has 0 radical (unpaired) electrons. The van der Waals surface area contributed by atoms with Crippen LogP contribution in [0.15, 0.2) is 46.5 Å². The molecule has 0 atom stereocenters. The van der Waals surface area contributed by atoms with E-state index in [-0.39, 0.29) is 0 Å². The molecule has 0 unspecified atom stereocenters. The summed E-state index contributed by atoms with van der Waals surface area (Å²) in [5.41, 5.74) is 2.00. The van der Waals surface area contributed by atoms with Crippen LogP contribution < -0.4 is 0 Å². The summed E-state index contributed by atoms with van der Waals surface area (Å²) in [6.45, 7) is 1.87. The van der Waals surface area contributed by atoms with Crippen molar-refractivity contribution in [3.05, 3.63) is 52.0 Å². The van der Waals surface area contributed by atoms with E-state index in [0.717, 1.165) is 11.1 Å². The smallest absolute Gasteiger partial charge is 0.0706 e. The molecule has 0 aliphatic carbocycles. The van der Waals surface area contributed by atoms with Gasteiger partial charge in [-0.2, -0.15) is 0 Å². The molecule has 0 aromatic heterocycles. The van der Waals surface area contributed by atoms with E-state index < -0.39 is 0 Å². The zero-order valence-electron chi connectivity index (χ0n) is 7.30. The van der Waals surface area contributed by atoms with Crippen LogP contribution in [-0.2, 0) is 0 Å². The van der Waals surface area contributed by atoms with Crippen LogP contribution in [0.25, 0.3) is 6.08 Å². The first kappa shape index (κ1) is 10.4. The SMILES string of the molecule is CC(/C=C/c1ccccc1)=C(Cl)Cl. The molecule has 0 N–H and O–H groups in total. The van der Waals surface area contributed by atoms with Crippen LogP contribution in [0.5, 0.6) is 0 Å². The second-order valence-electron chi connectivity index (χ2n) is 2.69. The number of allylic oxidation sites excluding steroid dienone is 2. The third-order valence-corrected chi connectivity index (χ3v) is 2.22. The van der Waals surface area contributed by atoms with Crippen LogP contribution in [0.1, 0.15) is 12.5 Å². The zero-order chi connectivity index (χ0) is 9.68. The van der Waals surface area contributed by atoms with Gasteiger partial charge in [-0.05, 0) is 18.1 Å². The van der Waals surface area contributed by atoms with E-state index in [1.165, 1.54) is 0 Å². The molecule has 0 fully saturated rings. The molecule has 0 nitrogen and oxygen atoms in total. The minimum absolute atomic E-state index is 0.312. The number of hydrogen-bond acceptors (Lipinski definition) is 0. The lowest BCUT2D eigenvalue weighted by atomic mass is 10.2. The van der Waals surface area contributed by atoms with Gasteiger partial charge in [0.1, 0.15) is 4.49 Å². The Kier molecular flexibility index (Phi) is 4.07. The molecular formula is C11H10Cl2. The van der Waals surface area contributed by atoms with Gasteiger partial charge >= 0.3 is 0 Å². The Labute approximate surface area is 88.5 Å². The van der Waals surface area contributed by atoms with E-state index in [1.807, 2.05) is 49.4 Å². The molecule has 1 aromatic carbocycles. The normalized spacial score (nSPS) is 10.4. The van der Waals surface area contributed by atoms with Gasteiger partial charge in [-0.15, -0.1) is 0 Å². The van der Waals surface area contributed by atoms with Crippen LogP contribution >= 0.6 is 23.2 Å². The third-order valence-electron chi connectivity index (χ3n) is 1.62. The molecule has 0 aliphatic heterocycles. The topological polar surface area (TPSA) is 0 Å². The zero-order valence-corrected chi connectivity index (χ0v) is 8.81. The maximum Gasteiger partial charge on any atom is 0.109 e. The number of rotatable bonds is 2. The van der Waals surface area contributed by atoms with Crippen molar-refractivity contribution in [3.8, 4) is 0 Å². The van der Waals surface area contributed by atoms with Gasteiger partial charge in [-0.25, -0.2) is 0 Å². The Morgan fingerprint density at radius 2 is 1.77 bits per heavy atom. The van der Waals surface area contributed by atoms with E-state index >= 15 is 0 Å². The molecule has 1 aromatic rings. The summed E-state index contributed by atoms with van der Waals surface area (Å²) < 4.78 is 0.312. The number of hydrogen-bond donors (Lipinski definition) is 0. The maximum atomic E-state index is 5.59. The molecule has 0 heterocycles. The average molecular weight is 213 g/mol. The Hall–Kier alpha value is -0.720. The molecular weight excluding hydrogens is 203 g/mol. The summed E-state index contributed by atoms with van der Waals surface area (Å²) in [5.74, 6) is 0. The first-order chi connectivity index (χ1) is 6.20. The van der Waals surface area contributed by atoms with Crippen molar-refractivity contribution < 1.29 is 0 Å². The quantitative estimate of drug-likeness (QED) is 0.638. The van der Waals surface area contributed by atoms with E-state index in [4.69, 9.17) is 23.2 Å². The summed E-state index contributed by atoms with van der Waals surface area (Å²) >= 11 is 11.2. The van der Waals surface area contributed by atoms with Crippen molar-refractivity contribution in [2.24, 2.45) is 0 Å². The Bertz CT molecular complexity index is 319. The van der Waals surface area contributed by atoms with Crippen LogP contribution in [0.2, 0.25) is 0 Å². The van der Waals surface area contributed by atoms with Crippen molar-refractivity contribution >= 4 is 29.3 Å². The maximum absolute atomic E-state index is 5.59. The van der Waals surface area contributed by atoms with E-state index in [1.54, 1.807) is 0 Å². The number of benzene rings is 1. The van der Waals surface area contributed by atoms with Gasteiger partial charge in [0.05, 0.1) is 0 Å². The summed E-state index contributed by atoms with van der Waals surface area (Å²) in [5, 5.41) is 0. The molecule has 0 amide bonds. The summed E-state index contributed by atoms with van der Waals surface area (Å²) in [7, 11) is 0. The predicted molar refractivity (Wildman–Crippen MR) is 59.9 cm³/mol. The standard InChI is InChI=1S/C11H10Cl2/c1-9(11(12)13)7-8-10-5-3-2-4-6-10/h2-8H,1H3/b8-7+. The minimum atomic E-state index is 0.312. The number of halogens is 2. The van der Waals surface area contributed by atoms with Crippen molar-refractivity contribution in [2.45, 2.75) is 6.92 Å². The molecule has 0 saturated carbocycles. The third kappa shape index (κ3) is 3.67. The van der Waals surface area contributed by atoms with Gasteiger partial charge in [0, 0.05) is 0 Å². The lowest BCUT2D eigenvalue weighted by Crippen LogP contribution is -1.71. The minimum Gasteiger partial charge on any atom is -0.0706 e. The lowest BCUT2D eigenvalue weighted by molar-refractivity contribution is 1.54. The predicted octanol–water partition coefficient (Wildman–Crippen LogP) is 4.41. The highest BCUT2D eigenvalue weighted by Gasteiger charge is 1.89. The van der Waals surface area contributed by atoms with E-state index in [0.29, 0.717) is 4.49 Å². The van der Waals surface area contributed by atoms with Crippen LogP contribution in [0.3, 0.4) is 0 Å². The van der Waals surface area contributed by atoms with Crippen LogP contribution in [0.4, 0.5) is 0 Å². The van der Waals surface area contributed by atoms with Crippen molar-refractivity contribution in [3.63, 3.8) is 0 Å². The Balaban J connectivity index is 2.76. The average Bonchev–Trinajstić information content (AvgIpc) is 2.15. The fraction of sp³-hybridized carbons (Fsp3) is 0.0909. The summed E-state index contributed by atoms with van der Waals surface area (Å²) in [4.78, 5) is 0. The van der Waals surface area contributed by atoms with Crippen molar-refractivity contribution in [2.75, 3.05) is 0 Å². The fourth-order valence-corrected chi connectivity index (χ4v) is 0.974. The second kappa shape index (κ2) is 5.11. The van der Waals surface area contributed by atoms with Gasteiger partial charge in [0.2, 0.25) is 0 Å². The molecule has 0 spiro atoms. The Morgan fingerprint density at radius 3 is 2.31 bits per heavy atom. The van der Waals surface area contributed by atoms with Gasteiger partial charge < -0.3 is 0 Å². The first-order valence-electron chi connectivity index (χ1n) is 3.95. The molecule has 2 heteroatoms. The molecule has 1 rings (SSSR count). The van der Waals surface area contributed by atoms with Gasteiger partial charge in [0.25, 0.3) is 0 Å². The van der Waals surface area contributed by atoms with Crippen LogP contribution in [0, 0.1) is 0 Å². The molecule has 0 saturated heterocycles.